The van der Waals surface area contributed by atoms with Crippen molar-refractivity contribution < 1.29 is 14.3 Å². The van der Waals surface area contributed by atoms with Crippen LogP contribution in [0.2, 0.25) is 0 Å². The molecule has 28 heavy (non-hydrogen) atoms. The number of hydrogen-bond acceptors (Lipinski definition) is 7. The minimum absolute atomic E-state index is 0.000700. The number of nitrogens with zero attached hydrogens (tertiary/aromatic N) is 5. The zero-order valence-corrected chi connectivity index (χ0v) is 16.3. The van der Waals surface area contributed by atoms with E-state index in [2.05, 4.69) is 25.6 Å². The Morgan fingerprint density at radius 3 is 2.82 bits per heavy atom. The molecule has 1 amide bonds. The van der Waals surface area contributed by atoms with Gasteiger partial charge in [0.1, 0.15) is 0 Å². The second-order valence-electron chi connectivity index (χ2n) is 6.14. The van der Waals surface area contributed by atoms with E-state index < -0.39 is 5.91 Å². The Kier molecular flexibility index (Phi) is 5.83. The summed E-state index contributed by atoms with van der Waals surface area (Å²) in [4.78, 5) is 20.7. The Morgan fingerprint density at radius 2 is 2.07 bits per heavy atom. The Bertz CT molecular complexity index is 1030. The summed E-state index contributed by atoms with van der Waals surface area (Å²) in [6.45, 7) is 6.38. The van der Waals surface area contributed by atoms with Crippen LogP contribution in [0.3, 0.4) is 0 Å². The number of amides is 1. The monoisotopic (exact) mass is 382 g/mol. The normalized spacial score (nSPS) is 11.1. The van der Waals surface area contributed by atoms with Gasteiger partial charge in [-0.05, 0) is 50.1 Å². The molecule has 3 aromatic rings. The Hall–Kier alpha value is -3.49. The minimum Gasteiger partial charge on any atom is -0.493 e. The number of aromatic nitrogens is 4. The van der Waals surface area contributed by atoms with Crippen molar-refractivity contribution in [3.8, 4) is 11.5 Å². The number of rotatable bonds is 7. The fraction of sp³-hybridized carbons (Fsp3) is 0.316. The molecule has 9 nitrogen and oxygen atoms in total. The van der Waals surface area contributed by atoms with Gasteiger partial charge in [-0.25, -0.2) is 14.9 Å². The molecule has 0 unspecified atom stereocenters. The van der Waals surface area contributed by atoms with E-state index in [0.29, 0.717) is 23.9 Å². The number of hydrogen-bond donors (Lipinski definition) is 1. The highest BCUT2D eigenvalue weighted by molar-refractivity contribution is 5.91. The standard InChI is InChI=1S/C19H22N6O3/c1-5-8-28-15-7-6-14(10-16(15)27-4)11-20-23-18(26)17-22-19-21-12(2)9-13(3)25(19)24-17/h6-7,9-11H,5,8H2,1-4H3,(H,23,26)/b20-11-. The van der Waals surface area contributed by atoms with Crippen LogP contribution >= 0.6 is 0 Å². The molecule has 0 saturated carbocycles. The molecule has 0 fully saturated rings. The molecule has 9 heteroatoms. The van der Waals surface area contributed by atoms with E-state index in [1.807, 2.05) is 32.9 Å². The molecule has 1 N–H and O–H groups in total. The van der Waals surface area contributed by atoms with Crippen molar-refractivity contribution >= 4 is 17.9 Å². The first-order chi connectivity index (χ1) is 13.5. The number of carbonyl (C=O) groups excluding carboxylic acids is 1. The van der Waals surface area contributed by atoms with Gasteiger partial charge in [0.25, 0.3) is 5.78 Å². The maximum absolute atomic E-state index is 12.3. The molecule has 2 heterocycles. The summed E-state index contributed by atoms with van der Waals surface area (Å²) >= 11 is 0. The van der Waals surface area contributed by atoms with Gasteiger partial charge >= 0.3 is 5.91 Å². The second-order valence-corrected chi connectivity index (χ2v) is 6.14. The van der Waals surface area contributed by atoms with Gasteiger partial charge in [-0.1, -0.05) is 6.92 Å². The van der Waals surface area contributed by atoms with Gasteiger partial charge in [0.05, 0.1) is 19.9 Å². The first kappa shape index (κ1) is 19.3. The van der Waals surface area contributed by atoms with E-state index in [9.17, 15) is 4.79 Å². The van der Waals surface area contributed by atoms with Gasteiger partial charge in [0.2, 0.25) is 5.82 Å². The highest BCUT2D eigenvalue weighted by Crippen LogP contribution is 2.27. The van der Waals surface area contributed by atoms with Crippen molar-refractivity contribution in [2.24, 2.45) is 5.10 Å². The summed E-state index contributed by atoms with van der Waals surface area (Å²) in [6, 6.07) is 7.27. The highest BCUT2D eigenvalue weighted by Gasteiger charge is 2.14. The van der Waals surface area contributed by atoms with Crippen LogP contribution in [0.5, 0.6) is 11.5 Å². The number of nitrogens with one attached hydrogen (secondary N) is 1. The maximum Gasteiger partial charge on any atom is 0.311 e. The molecule has 146 valence electrons. The first-order valence-electron chi connectivity index (χ1n) is 8.87. The molecule has 0 saturated heterocycles. The third-order valence-corrected chi connectivity index (χ3v) is 3.85. The van der Waals surface area contributed by atoms with E-state index >= 15 is 0 Å². The van der Waals surface area contributed by atoms with Crippen molar-refractivity contribution in [1.82, 2.24) is 25.0 Å². The van der Waals surface area contributed by atoms with E-state index in [-0.39, 0.29) is 5.82 Å². The summed E-state index contributed by atoms with van der Waals surface area (Å²) in [7, 11) is 1.57. The number of methoxy groups -OCH3 is 1. The molecule has 0 aliphatic heterocycles. The lowest BCUT2D eigenvalue weighted by atomic mass is 10.2. The molecule has 1 aromatic carbocycles. The summed E-state index contributed by atoms with van der Waals surface area (Å²) in [5.74, 6) is 1.12. The van der Waals surface area contributed by atoms with Crippen LogP contribution in [0.15, 0.2) is 29.4 Å². The molecular formula is C19H22N6O3. The van der Waals surface area contributed by atoms with E-state index in [0.717, 1.165) is 23.4 Å². The summed E-state index contributed by atoms with van der Waals surface area (Å²) in [5, 5.41) is 8.13. The SMILES string of the molecule is CCCOc1ccc(/C=N\NC(=O)c2nc3nc(C)cc(C)n3n2)cc1OC. The fourth-order valence-electron chi connectivity index (χ4n) is 2.57. The van der Waals surface area contributed by atoms with Crippen LogP contribution in [0.4, 0.5) is 0 Å². The maximum atomic E-state index is 12.3. The Morgan fingerprint density at radius 1 is 1.25 bits per heavy atom. The molecule has 3 rings (SSSR count). The Labute approximate surface area is 162 Å². The molecule has 0 aliphatic rings. The predicted molar refractivity (Wildman–Crippen MR) is 104 cm³/mol. The number of fused-ring (bicyclic) bond motifs is 1. The number of carbonyl (C=O) groups is 1. The van der Waals surface area contributed by atoms with E-state index in [1.165, 1.54) is 10.7 Å². The number of ether oxygens (including phenoxy) is 2. The average Bonchev–Trinajstić information content (AvgIpc) is 3.11. The summed E-state index contributed by atoms with van der Waals surface area (Å²) in [6.07, 6.45) is 2.41. The van der Waals surface area contributed by atoms with E-state index in [4.69, 9.17) is 9.47 Å². The van der Waals surface area contributed by atoms with Crippen molar-refractivity contribution in [3.05, 3.63) is 47.0 Å². The largest absolute Gasteiger partial charge is 0.493 e. The Balaban J connectivity index is 1.70. The molecule has 2 aromatic heterocycles. The predicted octanol–water partition coefficient (Wildman–Crippen LogP) is 2.30. The molecular weight excluding hydrogens is 360 g/mol. The number of benzene rings is 1. The van der Waals surface area contributed by atoms with Gasteiger partial charge in [-0.3, -0.25) is 4.79 Å². The van der Waals surface area contributed by atoms with Crippen molar-refractivity contribution in [3.63, 3.8) is 0 Å². The smallest absolute Gasteiger partial charge is 0.311 e. The number of hydrazone groups is 1. The molecule has 0 aliphatic carbocycles. The lowest BCUT2D eigenvalue weighted by Crippen LogP contribution is -2.19. The molecule has 0 atom stereocenters. The third kappa shape index (κ3) is 4.25. The van der Waals surface area contributed by atoms with Crippen LogP contribution in [-0.4, -0.2) is 45.4 Å². The van der Waals surface area contributed by atoms with Gasteiger partial charge in [0.15, 0.2) is 11.5 Å². The summed E-state index contributed by atoms with van der Waals surface area (Å²) in [5.41, 5.74) is 4.82. The average molecular weight is 382 g/mol. The second kappa shape index (κ2) is 8.47. The fourth-order valence-corrected chi connectivity index (χ4v) is 2.57. The van der Waals surface area contributed by atoms with Crippen molar-refractivity contribution in [2.75, 3.05) is 13.7 Å². The number of aryl methyl sites for hydroxylation is 2. The third-order valence-electron chi connectivity index (χ3n) is 3.85. The van der Waals surface area contributed by atoms with Crippen LogP contribution in [0.1, 0.15) is 40.9 Å². The molecule has 0 radical (unpaired) electrons. The van der Waals surface area contributed by atoms with Crippen LogP contribution in [0, 0.1) is 13.8 Å². The van der Waals surface area contributed by atoms with Gasteiger partial charge < -0.3 is 9.47 Å². The van der Waals surface area contributed by atoms with Gasteiger partial charge in [0, 0.05) is 11.4 Å². The first-order valence-corrected chi connectivity index (χ1v) is 8.87. The minimum atomic E-state index is -0.520. The van der Waals surface area contributed by atoms with Crippen molar-refractivity contribution in [2.45, 2.75) is 27.2 Å². The van der Waals surface area contributed by atoms with Crippen LogP contribution < -0.4 is 14.9 Å². The van der Waals surface area contributed by atoms with Crippen molar-refractivity contribution in [1.29, 1.82) is 0 Å². The van der Waals surface area contributed by atoms with Crippen LogP contribution in [0.25, 0.3) is 5.78 Å². The quantitative estimate of drug-likeness (QED) is 0.497. The molecule has 0 spiro atoms. The topological polar surface area (TPSA) is 103 Å². The zero-order valence-electron chi connectivity index (χ0n) is 16.3. The summed E-state index contributed by atoms with van der Waals surface area (Å²) < 4.78 is 12.5. The zero-order chi connectivity index (χ0) is 20.1. The lowest BCUT2D eigenvalue weighted by Gasteiger charge is -2.10. The van der Waals surface area contributed by atoms with Gasteiger partial charge in [-0.2, -0.15) is 10.1 Å². The van der Waals surface area contributed by atoms with Gasteiger partial charge in [-0.15, -0.1) is 5.10 Å². The molecule has 0 bridgehead atoms. The van der Waals surface area contributed by atoms with Crippen LogP contribution in [-0.2, 0) is 0 Å². The highest BCUT2D eigenvalue weighted by atomic mass is 16.5. The van der Waals surface area contributed by atoms with E-state index in [1.54, 1.807) is 19.2 Å². The lowest BCUT2D eigenvalue weighted by molar-refractivity contribution is 0.0945.